The molecule has 0 fully saturated rings. The van der Waals surface area contributed by atoms with Gasteiger partial charge in [0, 0.05) is 18.9 Å². The van der Waals surface area contributed by atoms with Crippen molar-refractivity contribution in [1.82, 2.24) is 4.98 Å². The van der Waals surface area contributed by atoms with E-state index in [1.165, 1.54) is 14.0 Å². The lowest BCUT2D eigenvalue weighted by Gasteiger charge is -2.10. The fraction of sp³-hybridized carbons (Fsp3) is 0.417. The summed E-state index contributed by atoms with van der Waals surface area (Å²) in [5.41, 5.74) is 0.921. The van der Waals surface area contributed by atoms with Gasteiger partial charge in [-0.25, -0.2) is 0 Å². The first-order chi connectivity index (χ1) is 8.51. The van der Waals surface area contributed by atoms with Crippen molar-refractivity contribution >= 4 is 5.97 Å². The summed E-state index contributed by atoms with van der Waals surface area (Å²) in [6.07, 6.45) is 0.263. The predicted octanol–water partition coefficient (Wildman–Crippen LogP) is 0.669. The number of nitriles is 1. The Balaban J connectivity index is 3.10. The average molecular weight is 250 g/mol. The Labute approximate surface area is 104 Å². The van der Waals surface area contributed by atoms with Gasteiger partial charge in [0.25, 0.3) is 5.56 Å². The second-order valence-electron chi connectivity index (χ2n) is 3.67. The highest BCUT2D eigenvalue weighted by atomic mass is 16.5. The molecule has 6 heteroatoms. The third-order valence-corrected chi connectivity index (χ3v) is 2.53. The number of pyridine rings is 1. The first-order valence-electron chi connectivity index (χ1n) is 5.34. The summed E-state index contributed by atoms with van der Waals surface area (Å²) in [5.74, 6) is -0.255. The summed E-state index contributed by atoms with van der Waals surface area (Å²) in [6, 6.07) is 1.98. The van der Waals surface area contributed by atoms with Crippen LogP contribution in [0.15, 0.2) is 4.79 Å². The first-order valence-corrected chi connectivity index (χ1v) is 5.34. The van der Waals surface area contributed by atoms with Crippen LogP contribution in [0.25, 0.3) is 0 Å². The molecule has 0 aliphatic carbocycles. The molecule has 0 aromatic carbocycles. The summed E-state index contributed by atoms with van der Waals surface area (Å²) in [5, 5.41) is 9.02. The largest absolute Gasteiger partial charge is 0.481 e. The van der Waals surface area contributed by atoms with Crippen LogP contribution in [0, 0.1) is 18.3 Å². The molecule has 18 heavy (non-hydrogen) atoms. The molecule has 0 aliphatic rings. The molecule has 1 aromatic heterocycles. The van der Waals surface area contributed by atoms with Crippen LogP contribution in [0.5, 0.6) is 5.88 Å². The zero-order valence-corrected chi connectivity index (χ0v) is 10.5. The molecule has 1 aromatic rings. The molecule has 0 radical (unpaired) electrons. The van der Waals surface area contributed by atoms with Gasteiger partial charge in [-0.05, 0) is 12.5 Å². The van der Waals surface area contributed by atoms with Crippen molar-refractivity contribution in [3.05, 3.63) is 27.0 Å². The van der Waals surface area contributed by atoms with Crippen LogP contribution >= 0.6 is 0 Å². The van der Waals surface area contributed by atoms with Crippen LogP contribution in [0.4, 0.5) is 0 Å². The van der Waals surface area contributed by atoms with Gasteiger partial charge < -0.3 is 9.47 Å². The van der Waals surface area contributed by atoms with Gasteiger partial charge in [-0.3, -0.25) is 14.6 Å². The van der Waals surface area contributed by atoms with Crippen LogP contribution in [0.2, 0.25) is 0 Å². The van der Waals surface area contributed by atoms with Crippen LogP contribution < -0.4 is 10.3 Å². The molecule has 96 valence electrons. The van der Waals surface area contributed by atoms with Gasteiger partial charge in [0.05, 0.1) is 13.7 Å². The van der Waals surface area contributed by atoms with Crippen LogP contribution in [0.3, 0.4) is 0 Å². The molecule has 0 spiro atoms. The highest BCUT2D eigenvalue weighted by Crippen LogP contribution is 2.18. The number of nitrogens with zero attached hydrogens (tertiary/aromatic N) is 1. The Kier molecular flexibility index (Phi) is 4.49. The number of hydrogen-bond acceptors (Lipinski definition) is 5. The zero-order valence-electron chi connectivity index (χ0n) is 10.5. The monoisotopic (exact) mass is 250 g/mol. The molecule has 0 saturated carbocycles. The summed E-state index contributed by atoms with van der Waals surface area (Å²) >= 11 is 0. The molecule has 0 aliphatic heterocycles. The summed E-state index contributed by atoms with van der Waals surface area (Å²) < 4.78 is 9.71. The molecule has 0 amide bonds. The second kappa shape index (κ2) is 5.87. The van der Waals surface area contributed by atoms with Crippen LogP contribution in [-0.4, -0.2) is 24.7 Å². The van der Waals surface area contributed by atoms with E-state index < -0.39 is 5.97 Å². The predicted molar refractivity (Wildman–Crippen MR) is 63.4 cm³/mol. The van der Waals surface area contributed by atoms with E-state index in [9.17, 15) is 9.59 Å². The third kappa shape index (κ3) is 2.88. The van der Waals surface area contributed by atoms with Gasteiger partial charge in [-0.2, -0.15) is 5.26 Å². The number of carbonyl (C=O) groups is 1. The van der Waals surface area contributed by atoms with E-state index in [4.69, 9.17) is 14.7 Å². The Bertz CT molecular complexity index is 554. The number of ether oxygens (including phenoxy) is 2. The number of H-pyrrole nitrogens is 1. The lowest BCUT2D eigenvalue weighted by atomic mass is 10.0. The minimum Gasteiger partial charge on any atom is -0.481 e. The lowest BCUT2D eigenvalue weighted by Crippen LogP contribution is -2.19. The zero-order chi connectivity index (χ0) is 13.7. The van der Waals surface area contributed by atoms with E-state index >= 15 is 0 Å². The van der Waals surface area contributed by atoms with Crippen molar-refractivity contribution < 1.29 is 14.3 Å². The van der Waals surface area contributed by atoms with Crippen molar-refractivity contribution in [1.29, 1.82) is 5.26 Å². The second-order valence-corrected chi connectivity index (χ2v) is 3.67. The van der Waals surface area contributed by atoms with E-state index in [0.717, 1.165) is 0 Å². The van der Waals surface area contributed by atoms with Crippen molar-refractivity contribution in [2.45, 2.75) is 20.3 Å². The standard InChI is InChI=1S/C12H14N2O4/c1-7-9(4-5-18-8(2)15)11(16)14-12(17-3)10(7)6-13/h4-5H2,1-3H3,(H,14,16). The Hall–Kier alpha value is -2.29. The average Bonchev–Trinajstić information content (AvgIpc) is 2.32. The van der Waals surface area contributed by atoms with Crippen LogP contribution in [-0.2, 0) is 16.0 Å². The highest BCUT2D eigenvalue weighted by Gasteiger charge is 2.14. The Morgan fingerprint density at radius 1 is 1.50 bits per heavy atom. The maximum Gasteiger partial charge on any atom is 0.302 e. The molecule has 0 saturated heterocycles. The van der Waals surface area contributed by atoms with E-state index in [-0.39, 0.29) is 30.0 Å². The number of hydrogen-bond donors (Lipinski definition) is 1. The molecule has 0 atom stereocenters. The van der Waals surface area contributed by atoms with Gasteiger partial charge in [0.1, 0.15) is 11.6 Å². The summed E-state index contributed by atoms with van der Waals surface area (Å²) in [6.45, 7) is 3.07. The quantitative estimate of drug-likeness (QED) is 0.793. The fourth-order valence-corrected chi connectivity index (χ4v) is 1.62. The first kappa shape index (κ1) is 13.8. The molecular weight excluding hydrogens is 236 g/mol. The Morgan fingerprint density at radius 2 is 2.17 bits per heavy atom. The molecule has 1 N–H and O–H groups in total. The number of esters is 1. The minimum absolute atomic E-state index is 0.108. The van der Waals surface area contributed by atoms with E-state index in [1.54, 1.807) is 6.92 Å². The van der Waals surface area contributed by atoms with E-state index in [2.05, 4.69) is 4.98 Å². The smallest absolute Gasteiger partial charge is 0.302 e. The van der Waals surface area contributed by atoms with Gasteiger partial charge in [-0.1, -0.05) is 0 Å². The summed E-state index contributed by atoms with van der Waals surface area (Å²) in [4.78, 5) is 24.9. The third-order valence-electron chi connectivity index (χ3n) is 2.53. The molecule has 1 rings (SSSR count). The van der Waals surface area contributed by atoms with Gasteiger partial charge >= 0.3 is 5.97 Å². The number of aromatic amines is 1. The van der Waals surface area contributed by atoms with Gasteiger partial charge in [0.2, 0.25) is 5.88 Å². The maximum atomic E-state index is 11.8. The number of rotatable bonds is 4. The van der Waals surface area contributed by atoms with Gasteiger partial charge in [0.15, 0.2) is 0 Å². The fourth-order valence-electron chi connectivity index (χ4n) is 1.62. The molecular formula is C12H14N2O4. The van der Waals surface area contributed by atoms with Crippen molar-refractivity contribution in [3.63, 3.8) is 0 Å². The number of carbonyl (C=O) groups excluding carboxylic acids is 1. The lowest BCUT2D eigenvalue weighted by molar-refractivity contribution is -0.140. The molecule has 6 nitrogen and oxygen atoms in total. The summed E-state index contributed by atoms with van der Waals surface area (Å²) in [7, 11) is 1.38. The highest BCUT2D eigenvalue weighted by molar-refractivity contribution is 5.65. The molecule has 0 unspecified atom stereocenters. The van der Waals surface area contributed by atoms with Crippen molar-refractivity contribution in [3.8, 4) is 11.9 Å². The van der Waals surface area contributed by atoms with Crippen molar-refractivity contribution in [2.75, 3.05) is 13.7 Å². The maximum absolute atomic E-state index is 11.8. The minimum atomic E-state index is -0.405. The Morgan fingerprint density at radius 3 is 2.67 bits per heavy atom. The number of nitrogens with one attached hydrogen (secondary N) is 1. The van der Waals surface area contributed by atoms with Gasteiger partial charge in [-0.15, -0.1) is 0 Å². The van der Waals surface area contributed by atoms with E-state index in [0.29, 0.717) is 11.1 Å². The normalized spacial score (nSPS) is 9.67. The number of aromatic nitrogens is 1. The number of methoxy groups -OCH3 is 1. The van der Waals surface area contributed by atoms with Crippen molar-refractivity contribution in [2.24, 2.45) is 0 Å². The molecule has 1 heterocycles. The van der Waals surface area contributed by atoms with E-state index in [1.807, 2.05) is 6.07 Å². The van der Waals surface area contributed by atoms with Crippen LogP contribution in [0.1, 0.15) is 23.6 Å². The SMILES string of the molecule is COc1[nH]c(=O)c(CCOC(C)=O)c(C)c1C#N. The topological polar surface area (TPSA) is 92.2 Å². The molecule has 0 bridgehead atoms.